The van der Waals surface area contributed by atoms with Gasteiger partial charge < -0.3 is 10.2 Å². The maximum Gasteiger partial charge on any atom is 0.222 e. The van der Waals surface area contributed by atoms with Crippen molar-refractivity contribution in [1.82, 2.24) is 10.2 Å². The zero-order chi connectivity index (χ0) is 13.4. The number of rotatable bonds is 7. The van der Waals surface area contributed by atoms with Gasteiger partial charge in [0, 0.05) is 26.6 Å². The molecule has 1 amide bonds. The van der Waals surface area contributed by atoms with Crippen molar-refractivity contribution in [1.29, 1.82) is 0 Å². The Kier molecular flexibility index (Phi) is 9.27. The lowest BCUT2D eigenvalue weighted by molar-refractivity contribution is -0.129. The molecular weight excluding hydrogens is 260 g/mol. The smallest absolute Gasteiger partial charge is 0.222 e. The highest BCUT2D eigenvalue weighted by Gasteiger charge is 2.07. The van der Waals surface area contributed by atoms with E-state index in [0.717, 1.165) is 25.9 Å². The number of likely N-dealkylation sites (N-methyl/N-ethyl adjacent to an activating group) is 2. The standard InChI is InChI=1S/C15H24N2O.ClH/c1-4-13-5-7-14(8-6-13)9-10-15(18)17(3)12-11-16-2;/h5-8,16H,4,9-12H2,1-3H3;1H. The van der Waals surface area contributed by atoms with Crippen LogP contribution in [0.3, 0.4) is 0 Å². The van der Waals surface area contributed by atoms with Gasteiger partial charge in [-0.2, -0.15) is 0 Å². The van der Waals surface area contributed by atoms with Gasteiger partial charge in [-0.05, 0) is 31.0 Å². The van der Waals surface area contributed by atoms with Gasteiger partial charge in [-0.1, -0.05) is 31.2 Å². The normalized spacial score (nSPS) is 9.84. The zero-order valence-corrected chi connectivity index (χ0v) is 12.9. The quantitative estimate of drug-likeness (QED) is 0.833. The van der Waals surface area contributed by atoms with Crippen LogP contribution < -0.4 is 5.32 Å². The number of hydrogen-bond acceptors (Lipinski definition) is 2. The molecule has 0 aliphatic carbocycles. The Morgan fingerprint density at radius 3 is 2.32 bits per heavy atom. The van der Waals surface area contributed by atoms with Gasteiger partial charge in [-0.15, -0.1) is 12.4 Å². The highest BCUT2D eigenvalue weighted by Crippen LogP contribution is 2.08. The Morgan fingerprint density at radius 2 is 1.79 bits per heavy atom. The number of amides is 1. The average Bonchev–Trinajstić information content (AvgIpc) is 2.42. The van der Waals surface area contributed by atoms with Gasteiger partial charge in [0.15, 0.2) is 0 Å². The molecule has 0 aliphatic heterocycles. The van der Waals surface area contributed by atoms with Crippen molar-refractivity contribution in [2.24, 2.45) is 0 Å². The number of carbonyl (C=O) groups excluding carboxylic acids is 1. The molecule has 0 bridgehead atoms. The summed E-state index contributed by atoms with van der Waals surface area (Å²) in [4.78, 5) is 13.6. The van der Waals surface area contributed by atoms with E-state index in [9.17, 15) is 4.79 Å². The van der Waals surface area contributed by atoms with Crippen LogP contribution in [0.5, 0.6) is 0 Å². The van der Waals surface area contributed by atoms with E-state index in [-0.39, 0.29) is 18.3 Å². The Labute approximate surface area is 122 Å². The first-order valence-electron chi connectivity index (χ1n) is 6.63. The van der Waals surface area contributed by atoms with Gasteiger partial charge in [0.1, 0.15) is 0 Å². The Morgan fingerprint density at radius 1 is 1.21 bits per heavy atom. The highest BCUT2D eigenvalue weighted by molar-refractivity contribution is 5.85. The summed E-state index contributed by atoms with van der Waals surface area (Å²) < 4.78 is 0. The summed E-state index contributed by atoms with van der Waals surface area (Å²) in [5.41, 5.74) is 2.58. The maximum absolute atomic E-state index is 11.8. The van der Waals surface area contributed by atoms with E-state index in [4.69, 9.17) is 0 Å². The molecule has 1 rings (SSSR count). The minimum absolute atomic E-state index is 0. The van der Waals surface area contributed by atoms with Gasteiger partial charge in [0.25, 0.3) is 0 Å². The Balaban J connectivity index is 0.00000324. The monoisotopic (exact) mass is 284 g/mol. The summed E-state index contributed by atoms with van der Waals surface area (Å²) in [6, 6.07) is 8.54. The molecule has 0 atom stereocenters. The van der Waals surface area contributed by atoms with Crippen LogP contribution in [0.15, 0.2) is 24.3 Å². The van der Waals surface area contributed by atoms with E-state index in [2.05, 4.69) is 36.5 Å². The Hall–Kier alpha value is -1.06. The minimum Gasteiger partial charge on any atom is -0.344 e. The van der Waals surface area contributed by atoms with E-state index in [0.29, 0.717) is 6.42 Å². The number of halogens is 1. The first-order chi connectivity index (χ1) is 8.67. The molecule has 0 fully saturated rings. The molecule has 0 spiro atoms. The van der Waals surface area contributed by atoms with Gasteiger partial charge in [0.2, 0.25) is 5.91 Å². The number of nitrogens with one attached hydrogen (secondary N) is 1. The summed E-state index contributed by atoms with van der Waals surface area (Å²) in [7, 11) is 3.76. The van der Waals surface area contributed by atoms with Crippen molar-refractivity contribution in [3.63, 3.8) is 0 Å². The van der Waals surface area contributed by atoms with E-state index in [1.54, 1.807) is 4.90 Å². The van der Waals surface area contributed by atoms with Gasteiger partial charge in [-0.25, -0.2) is 0 Å². The molecule has 4 heteroatoms. The second-order valence-electron chi connectivity index (χ2n) is 4.59. The summed E-state index contributed by atoms with van der Waals surface area (Å²) >= 11 is 0. The fourth-order valence-corrected chi connectivity index (χ4v) is 1.79. The highest BCUT2D eigenvalue weighted by atomic mass is 35.5. The van der Waals surface area contributed by atoms with Crippen LogP contribution in [0.4, 0.5) is 0 Å². The molecule has 3 nitrogen and oxygen atoms in total. The summed E-state index contributed by atoms with van der Waals surface area (Å²) in [6.07, 6.45) is 2.48. The van der Waals surface area contributed by atoms with Crippen molar-refractivity contribution in [3.8, 4) is 0 Å². The van der Waals surface area contributed by atoms with Gasteiger partial charge >= 0.3 is 0 Å². The van der Waals surface area contributed by atoms with Crippen molar-refractivity contribution >= 4 is 18.3 Å². The summed E-state index contributed by atoms with van der Waals surface area (Å²) in [5, 5.41) is 3.05. The number of nitrogens with zero attached hydrogens (tertiary/aromatic N) is 1. The van der Waals surface area contributed by atoms with Gasteiger partial charge in [-0.3, -0.25) is 4.79 Å². The first-order valence-corrected chi connectivity index (χ1v) is 6.63. The third-order valence-electron chi connectivity index (χ3n) is 3.18. The lowest BCUT2D eigenvalue weighted by atomic mass is 10.1. The van der Waals surface area contributed by atoms with Crippen LogP contribution in [0.2, 0.25) is 0 Å². The predicted molar refractivity (Wildman–Crippen MR) is 83.0 cm³/mol. The zero-order valence-electron chi connectivity index (χ0n) is 12.1. The average molecular weight is 285 g/mol. The van der Waals surface area contributed by atoms with Crippen LogP contribution >= 0.6 is 12.4 Å². The van der Waals surface area contributed by atoms with Gasteiger partial charge in [0.05, 0.1) is 0 Å². The number of hydrogen-bond donors (Lipinski definition) is 1. The van der Waals surface area contributed by atoms with Crippen LogP contribution in [0, 0.1) is 0 Å². The third-order valence-corrected chi connectivity index (χ3v) is 3.18. The molecule has 0 unspecified atom stereocenters. The third kappa shape index (κ3) is 6.60. The number of benzene rings is 1. The van der Waals surface area contributed by atoms with Crippen molar-refractivity contribution < 1.29 is 4.79 Å². The van der Waals surface area contributed by atoms with E-state index in [1.165, 1.54) is 11.1 Å². The van der Waals surface area contributed by atoms with Crippen molar-refractivity contribution in [2.45, 2.75) is 26.2 Å². The van der Waals surface area contributed by atoms with E-state index >= 15 is 0 Å². The lowest BCUT2D eigenvalue weighted by Crippen LogP contribution is -2.32. The maximum atomic E-state index is 11.8. The first kappa shape index (κ1) is 17.9. The molecule has 0 heterocycles. The van der Waals surface area contributed by atoms with Crippen LogP contribution in [0.1, 0.15) is 24.5 Å². The molecule has 0 radical (unpaired) electrons. The predicted octanol–water partition coefficient (Wildman–Crippen LogP) is 2.28. The number of aryl methyl sites for hydroxylation is 2. The molecule has 0 saturated heterocycles. The molecule has 1 N–H and O–H groups in total. The molecule has 0 aromatic heterocycles. The second kappa shape index (κ2) is 9.82. The molecular formula is C15H25ClN2O. The Bertz CT molecular complexity index is 365. The minimum atomic E-state index is 0. The van der Waals surface area contributed by atoms with E-state index < -0.39 is 0 Å². The lowest BCUT2D eigenvalue weighted by Gasteiger charge is -2.16. The van der Waals surface area contributed by atoms with Crippen molar-refractivity contribution in [2.75, 3.05) is 27.2 Å². The number of carbonyl (C=O) groups is 1. The molecule has 0 aliphatic rings. The fraction of sp³-hybridized carbons (Fsp3) is 0.533. The summed E-state index contributed by atoms with van der Waals surface area (Å²) in [5.74, 6) is 0.213. The SMILES string of the molecule is CCc1ccc(CCC(=O)N(C)CCNC)cc1.Cl. The second-order valence-corrected chi connectivity index (χ2v) is 4.59. The van der Waals surface area contributed by atoms with Crippen LogP contribution in [0.25, 0.3) is 0 Å². The van der Waals surface area contributed by atoms with E-state index in [1.807, 2.05) is 14.1 Å². The molecule has 1 aromatic rings. The largest absolute Gasteiger partial charge is 0.344 e. The molecule has 0 saturated carbocycles. The molecule has 108 valence electrons. The summed E-state index contributed by atoms with van der Waals surface area (Å²) in [6.45, 7) is 3.76. The van der Waals surface area contributed by atoms with Crippen LogP contribution in [-0.2, 0) is 17.6 Å². The fourth-order valence-electron chi connectivity index (χ4n) is 1.79. The van der Waals surface area contributed by atoms with Crippen molar-refractivity contribution in [3.05, 3.63) is 35.4 Å². The molecule has 19 heavy (non-hydrogen) atoms. The molecule has 1 aromatic carbocycles. The topological polar surface area (TPSA) is 32.3 Å². The van der Waals surface area contributed by atoms with Crippen LogP contribution in [-0.4, -0.2) is 38.0 Å².